The monoisotopic (exact) mass is 530 g/mol. The van der Waals surface area contributed by atoms with Crippen LogP contribution in [0, 0.1) is 6.92 Å². The summed E-state index contributed by atoms with van der Waals surface area (Å²) in [7, 11) is 1.62. The molecule has 4 rings (SSSR count). The molecular formula is C31H38N4O4. The lowest BCUT2D eigenvalue weighted by Crippen LogP contribution is -2.47. The lowest BCUT2D eigenvalue weighted by atomic mass is 10.0. The summed E-state index contributed by atoms with van der Waals surface area (Å²) in [6.45, 7) is 4.00. The Bertz CT molecular complexity index is 1450. The number of hydrogen-bond donors (Lipinski definition) is 4. The van der Waals surface area contributed by atoms with Gasteiger partial charge in [-0.3, -0.25) is 9.59 Å². The van der Waals surface area contributed by atoms with Crippen LogP contribution in [0.15, 0.2) is 48.7 Å². The number of amides is 2. The molecular weight excluding hydrogens is 492 g/mol. The van der Waals surface area contributed by atoms with E-state index in [1.165, 1.54) is 0 Å². The summed E-state index contributed by atoms with van der Waals surface area (Å²) < 4.78 is 5.36. The van der Waals surface area contributed by atoms with E-state index in [4.69, 9.17) is 4.74 Å². The molecule has 2 aromatic carbocycles. The Kier molecular flexibility index (Phi) is 9.41. The van der Waals surface area contributed by atoms with E-state index in [9.17, 15) is 14.4 Å². The number of aromatic nitrogens is 2. The van der Waals surface area contributed by atoms with E-state index >= 15 is 0 Å². The zero-order valence-corrected chi connectivity index (χ0v) is 23.0. The number of unbranched alkanes of at least 4 members (excludes halogenated alkanes) is 2. The molecule has 2 heterocycles. The minimum absolute atomic E-state index is 0.155. The number of fused-ring (bicyclic) bond motifs is 2. The van der Waals surface area contributed by atoms with Gasteiger partial charge in [0.2, 0.25) is 11.8 Å². The third-order valence-corrected chi connectivity index (χ3v) is 7.21. The predicted octanol–water partition coefficient (Wildman–Crippen LogP) is 4.89. The van der Waals surface area contributed by atoms with Crippen LogP contribution in [0.5, 0.6) is 5.75 Å². The Morgan fingerprint density at radius 1 is 1.00 bits per heavy atom. The quantitative estimate of drug-likeness (QED) is 0.174. The lowest BCUT2D eigenvalue weighted by molar-refractivity contribution is -0.128. The first kappa shape index (κ1) is 28.0. The van der Waals surface area contributed by atoms with E-state index in [0.29, 0.717) is 25.8 Å². The maximum absolute atomic E-state index is 13.2. The molecule has 0 aliphatic rings. The summed E-state index contributed by atoms with van der Waals surface area (Å²) >= 11 is 0. The lowest BCUT2D eigenvalue weighted by Gasteiger charge is -2.19. The summed E-state index contributed by atoms with van der Waals surface area (Å²) in [6, 6.07) is 13.2. The van der Waals surface area contributed by atoms with Crippen LogP contribution in [-0.4, -0.2) is 47.3 Å². The van der Waals surface area contributed by atoms with E-state index < -0.39 is 6.04 Å². The van der Waals surface area contributed by atoms with Crippen molar-refractivity contribution < 1.29 is 19.1 Å². The molecule has 0 bridgehead atoms. The van der Waals surface area contributed by atoms with Crippen LogP contribution in [0.1, 0.15) is 55.8 Å². The van der Waals surface area contributed by atoms with Crippen molar-refractivity contribution in [2.24, 2.45) is 0 Å². The van der Waals surface area contributed by atoms with Crippen LogP contribution in [0.4, 0.5) is 0 Å². The van der Waals surface area contributed by atoms with Gasteiger partial charge in [0.25, 0.3) is 0 Å². The average molecular weight is 531 g/mol. The molecule has 2 amide bonds. The van der Waals surface area contributed by atoms with Gasteiger partial charge in [-0.1, -0.05) is 31.0 Å². The Labute approximate surface area is 228 Å². The van der Waals surface area contributed by atoms with Crippen molar-refractivity contribution in [3.05, 3.63) is 65.5 Å². The van der Waals surface area contributed by atoms with Crippen LogP contribution < -0.4 is 15.4 Å². The number of ether oxygens (including phenoxy) is 1. The largest absolute Gasteiger partial charge is 0.497 e. The van der Waals surface area contributed by atoms with Crippen LogP contribution >= 0.6 is 0 Å². The second kappa shape index (κ2) is 13.1. The predicted molar refractivity (Wildman–Crippen MR) is 154 cm³/mol. The Morgan fingerprint density at radius 3 is 2.62 bits per heavy atom. The molecule has 0 spiro atoms. The highest BCUT2D eigenvalue weighted by Crippen LogP contribution is 2.27. The number of benzene rings is 2. The van der Waals surface area contributed by atoms with E-state index in [1.807, 2.05) is 49.5 Å². The number of carbonyl (C=O) groups excluding carboxylic acids is 3. The van der Waals surface area contributed by atoms with Crippen LogP contribution in [-0.2, 0) is 27.2 Å². The first-order valence-electron chi connectivity index (χ1n) is 13.6. The Morgan fingerprint density at radius 2 is 1.82 bits per heavy atom. The third kappa shape index (κ3) is 7.28. The topological polar surface area (TPSA) is 116 Å². The highest BCUT2D eigenvalue weighted by molar-refractivity contribution is 5.93. The number of carbonyl (C=O) groups is 3. The Balaban J connectivity index is 1.39. The van der Waals surface area contributed by atoms with Gasteiger partial charge >= 0.3 is 0 Å². The van der Waals surface area contributed by atoms with Gasteiger partial charge in [0.05, 0.1) is 13.5 Å². The SMILES string of the molecule is COc1ccc2[nH]c(C)c(CC(=O)NC(CCCCCC(C)=O)C(=O)NCCc3c[nH]c4ccccc34)c2c1. The Hall–Kier alpha value is -4.07. The highest BCUT2D eigenvalue weighted by atomic mass is 16.5. The van der Waals surface area contributed by atoms with E-state index in [1.54, 1.807) is 14.0 Å². The molecule has 39 heavy (non-hydrogen) atoms. The summed E-state index contributed by atoms with van der Waals surface area (Å²) in [5, 5.41) is 8.08. The number of aromatic amines is 2. The van der Waals surface area contributed by atoms with Crippen molar-refractivity contribution in [3.63, 3.8) is 0 Å². The molecule has 4 N–H and O–H groups in total. The van der Waals surface area contributed by atoms with Gasteiger partial charge in [0.15, 0.2) is 0 Å². The zero-order chi connectivity index (χ0) is 27.8. The second-order valence-electron chi connectivity index (χ2n) is 10.1. The first-order chi connectivity index (χ1) is 18.9. The van der Waals surface area contributed by atoms with Gasteiger partial charge in [-0.05, 0) is 68.5 Å². The maximum Gasteiger partial charge on any atom is 0.242 e. The number of hydrogen-bond acceptors (Lipinski definition) is 4. The van der Waals surface area contributed by atoms with Crippen molar-refractivity contribution in [1.29, 1.82) is 0 Å². The molecule has 0 fully saturated rings. The molecule has 0 radical (unpaired) electrons. The fourth-order valence-electron chi connectivity index (χ4n) is 5.07. The number of H-pyrrole nitrogens is 2. The summed E-state index contributed by atoms with van der Waals surface area (Å²) in [5.41, 5.74) is 4.95. The number of nitrogens with one attached hydrogen (secondary N) is 4. The third-order valence-electron chi connectivity index (χ3n) is 7.21. The summed E-state index contributed by atoms with van der Waals surface area (Å²) in [4.78, 5) is 44.2. The number of para-hydroxylation sites is 1. The number of Topliss-reactive ketones (excluding diaryl/α,β-unsaturated/α-hetero) is 1. The molecule has 206 valence electrons. The van der Waals surface area contributed by atoms with E-state index in [-0.39, 0.29) is 24.0 Å². The number of aryl methyl sites for hydroxylation is 1. The average Bonchev–Trinajstić information content (AvgIpc) is 3.47. The zero-order valence-electron chi connectivity index (χ0n) is 23.0. The van der Waals surface area contributed by atoms with Crippen molar-refractivity contribution >= 4 is 39.4 Å². The van der Waals surface area contributed by atoms with Gasteiger partial charge in [-0.25, -0.2) is 0 Å². The number of methoxy groups -OCH3 is 1. The maximum atomic E-state index is 13.2. The molecule has 2 aromatic heterocycles. The number of ketones is 1. The van der Waals surface area contributed by atoms with Gasteiger partial charge in [0.1, 0.15) is 17.6 Å². The summed E-state index contributed by atoms with van der Waals surface area (Å²) in [6.07, 6.45) is 6.24. The molecule has 0 aliphatic heterocycles. The fraction of sp³-hybridized carbons (Fsp3) is 0.387. The van der Waals surface area contributed by atoms with Crippen LogP contribution in [0.3, 0.4) is 0 Å². The molecule has 1 unspecified atom stereocenters. The van der Waals surface area contributed by atoms with E-state index in [2.05, 4.69) is 26.7 Å². The molecule has 0 saturated carbocycles. The van der Waals surface area contributed by atoms with Gasteiger partial charge in [-0.15, -0.1) is 0 Å². The number of rotatable bonds is 14. The van der Waals surface area contributed by atoms with Gasteiger partial charge in [0, 0.05) is 46.7 Å². The van der Waals surface area contributed by atoms with Crippen LogP contribution in [0.2, 0.25) is 0 Å². The molecule has 1 atom stereocenters. The second-order valence-corrected chi connectivity index (χ2v) is 10.1. The molecule has 8 nitrogen and oxygen atoms in total. The van der Waals surface area contributed by atoms with E-state index in [0.717, 1.165) is 63.6 Å². The minimum Gasteiger partial charge on any atom is -0.497 e. The van der Waals surface area contributed by atoms with Crippen LogP contribution in [0.25, 0.3) is 21.8 Å². The van der Waals surface area contributed by atoms with Crippen molar-refractivity contribution in [2.45, 2.75) is 64.8 Å². The molecule has 0 saturated heterocycles. The molecule has 0 aliphatic carbocycles. The minimum atomic E-state index is -0.641. The first-order valence-corrected chi connectivity index (χ1v) is 13.6. The van der Waals surface area contributed by atoms with Crippen molar-refractivity contribution in [1.82, 2.24) is 20.6 Å². The fourth-order valence-corrected chi connectivity index (χ4v) is 5.07. The van der Waals surface area contributed by atoms with Gasteiger partial charge in [-0.2, -0.15) is 0 Å². The highest BCUT2D eigenvalue weighted by Gasteiger charge is 2.22. The molecule has 4 aromatic rings. The summed E-state index contributed by atoms with van der Waals surface area (Å²) in [5.74, 6) is 0.496. The smallest absolute Gasteiger partial charge is 0.242 e. The van der Waals surface area contributed by atoms with Gasteiger partial charge < -0.3 is 30.1 Å². The standard InChI is InChI=1S/C31H38N4O4/c1-20(36)9-5-4-6-12-29(31(38)32-16-15-22-19-33-27-11-8-7-10-24(22)27)35-30(37)18-25-21(2)34-28-14-13-23(39-3)17-26(25)28/h7-8,10-11,13-14,17,19,29,33-34H,4-6,9,12,15-16,18H2,1-3H3,(H,32,38)(H,35,37). The molecule has 8 heteroatoms. The normalized spacial score (nSPS) is 12.0. The van der Waals surface area contributed by atoms with Crippen molar-refractivity contribution in [3.8, 4) is 5.75 Å². The van der Waals surface area contributed by atoms with Crippen molar-refractivity contribution in [2.75, 3.05) is 13.7 Å².